The monoisotopic (exact) mass is 318 g/mol. The van der Waals surface area contributed by atoms with Gasteiger partial charge in [-0.1, -0.05) is 18.2 Å². The number of thioether (sulfide) groups is 1. The Morgan fingerprint density at radius 1 is 1.23 bits per heavy atom. The van der Waals surface area contributed by atoms with Gasteiger partial charge in [-0.05, 0) is 36.8 Å². The van der Waals surface area contributed by atoms with Gasteiger partial charge in [0.2, 0.25) is 5.91 Å². The minimum atomic E-state index is -0.438. The Morgan fingerprint density at radius 2 is 1.95 bits per heavy atom. The van der Waals surface area contributed by atoms with Gasteiger partial charge < -0.3 is 11.1 Å². The summed E-state index contributed by atoms with van der Waals surface area (Å²) in [7, 11) is 0. The van der Waals surface area contributed by atoms with Crippen molar-refractivity contribution in [1.29, 1.82) is 0 Å². The van der Waals surface area contributed by atoms with E-state index in [0.29, 0.717) is 11.3 Å². The lowest BCUT2D eigenvalue weighted by atomic mass is 10.1. The number of amides is 2. The molecule has 0 heterocycles. The first kappa shape index (κ1) is 16.0. The van der Waals surface area contributed by atoms with E-state index in [1.54, 1.807) is 43.3 Å². The molecular formula is C16H15FN2O2S. The number of halogens is 1. The Hall–Kier alpha value is -2.34. The van der Waals surface area contributed by atoms with E-state index in [4.69, 9.17) is 5.73 Å². The molecule has 114 valence electrons. The molecule has 0 atom stereocenters. The van der Waals surface area contributed by atoms with E-state index in [2.05, 4.69) is 5.32 Å². The van der Waals surface area contributed by atoms with Gasteiger partial charge in [-0.15, -0.1) is 11.8 Å². The van der Waals surface area contributed by atoms with Crippen LogP contribution in [0, 0.1) is 12.7 Å². The Kier molecular flexibility index (Phi) is 5.16. The average molecular weight is 318 g/mol. The van der Waals surface area contributed by atoms with E-state index >= 15 is 0 Å². The van der Waals surface area contributed by atoms with Gasteiger partial charge in [-0.2, -0.15) is 0 Å². The standard InChI is InChI=1S/C16H15FN2O2S/c1-10-6-7-11(8-12(10)17)16(21)19-13-4-2-3-5-14(13)22-9-15(18)20/h2-8H,9H2,1H3,(H2,18,20)(H,19,21). The van der Waals surface area contributed by atoms with E-state index < -0.39 is 17.6 Å². The van der Waals surface area contributed by atoms with Crippen molar-refractivity contribution in [2.24, 2.45) is 5.73 Å². The molecule has 2 rings (SSSR count). The summed E-state index contributed by atoms with van der Waals surface area (Å²) >= 11 is 1.23. The zero-order valence-electron chi connectivity index (χ0n) is 11.9. The Balaban J connectivity index is 2.17. The fourth-order valence-corrected chi connectivity index (χ4v) is 2.52. The second kappa shape index (κ2) is 7.09. The van der Waals surface area contributed by atoms with Crippen molar-refractivity contribution < 1.29 is 14.0 Å². The molecule has 2 amide bonds. The highest BCUT2D eigenvalue weighted by Gasteiger charge is 2.11. The highest BCUT2D eigenvalue weighted by molar-refractivity contribution is 8.00. The molecule has 3 N–H and O–H groups in total. The van der Waals surface area contributed by atoms with Crippen molar-refractivity contribution in [2.45, 2.75) is 11.8 Å². The third-order valence-electron chi connectivity index (χ3n) is 2.94. The van der Waals surface area contributed by atoms with Crippen molar-refractivity contribution in [3.05, 3.63) is 59.4 Å². The van der Waals surface area contributed by atoms with E-state index in [1.165, 1.54) is 17.8 Å². The molecule has 2 aromatic carbocycles. The highest BCUT2D eigenvalue weighted by atomic mass is 32.2. The van der Waals surface area contributed by atoms with Gasteiger partial charge in [-0.25, -0.2) is 4.39 Å². The lowest BCUT2D eigenvalue weighted by Crippen LogP contribution is -2.15. The van der Waals surface area contributed by atoms with Gasteiger partial charge in [0.05, 0.1) is 11.4 Å². The number of hydrogen-bond donors (Lipinski definition) is 2. The fraction of sp³-hybridized carbons (Fsp3) is 0.125. The SMILES string of the molecule is Cc1ccc(C(=O)Nc2ccccc2SCC(N)=O)cc1F. The molecule has 0 saturated carbocycles. The van der Waals surface area contributed by atoms with E-state index in [-0.39, 0.29) is 11.3 Å². The number of benzene rings is 2. The summed E-state index contributed by atoms with van der Waals surface area (Å²) in [5.41, 5.74) is 6.39. The molecule has 22 heavy (non-hydrogen) atoms. The zero-order valence-corrected chi connectivity index (χ0v) is 12.7. The summed E-state index contributed by atoms with van der Waals surface area (Å²) in [6, 6.07) is 11.4. The number of rotatable bonds is 5. The van der Waals surface area contributed by atoms with Crippen molar-refractivity contribution in [3.63, 3.8) is 0 Å². The van der Waals surface area contributed by atoms with E-state index in [0.717, 1.165) is 4.90 Å². The van der Waals surface area contributed by atoms with Crippen LogP contribution in [0.25, 0.3) is 0 Å². The van der Waals surface area contributed by atoms with Crippen molar-refractivity contribution in [2.75, 3.05) is 11.1 Å². The van der Waals surface area contributed by atoms with Crippen LogP contribution < -0.4 is 11.1 Å². The minimum absolute atomic E-state index is 0.117. The van der Waals surface area contributed by atoms with E-state index in [9.17, 15) is 14.0 Å². The molecule has 0 saturated heterocycles. The first-order valence-corrected chi connectivity index (χ1v) is 7.53. The van der Waals surface area contributed by atoms with Crippen molar-refractivity contribution >= 4 is 29.3 Å². The highest BCUT2D eigenvalue weighted by Crippen LogP contribution is 2.27. The molecule has 0 aliphatic carbocycles. The van der Waals surface area contributed by atoms with Crippen LogP contribution in [0.3, 0.4) is 0 Å². The van der Waals surface area contributed by atoms with Crippen molar-refractivity contribution in [3.8, 4) is 0 Å². The molecule has 0 fully saturated rings. The van der Waals surface area contributed by atoms with Gasteiger partial charge in [0.15, 0.2) is 0 Å². The van der Waals surface area contributed by atoms with Gasteiger partial charge >= 0.3 is 0 Å². The van der Waals surface area contributed by atoms with Crippen LogP contribution >= 0.6 is 11.8 Å². The lowest BCUT2D eigenvalue weighted by Gasteiger charge is -2.10. The second-order valence-corrected chi connectivity index (χ2v) is 5.69. The fourth-order valence-electron chi connectivity index (χ4n) is 1.77. The summed E-state index contributed by atoms with van der Waals surface area (Å²) < 4.78 is 13.5. The first-order valence-electron chi connectivity index (χ1n) is 6.55. The summed E-state index contributed by atoms with van der Waals surface area (Å²) in [6.45, 7) is 1.63. The number of primary amides is 1. The zero-order chi connectivity index (χ0) is 16.1. The van der Waals surface area contributed by atoms with Gasteiger partial charge in [0, 0.05) is 10.5 Å². The quantitative estimate of drug-likeness (QED) is 0.833. The summed E-state index contributed by atoms with van der Waals surface area (Å²) in [4.78, 5) is 23.8. The van der Waals surface area contributed by atoms with Crippen LogP contribution in [0.1, 0.15) is 15.9 Å². The number of anilines is 1. The maximum atomic E-state index is 13.5. The third kappa shape index (κ3) is 4.08. The lowest BCUT2D eigenvalue weighted by molar-refractivity contribution is -0.115. The molecule has 0 bridgehead atoms. The molecule has 0 aliphatic heterocycles. The number of nitrogens with two attached hydrogens (primary N) is 1. The normalized spacial score (nSPS) is 10.3. The number of hydrogen-bond acceptors (Lipinski definition) is 3. The van der Waals surface area contributed by atoms with Crippen LogP contribution in [0.5, 0.6) is 0 Å². The summed E-state index contributed by atoms with van der Waals surface area (Å²) in [5, 5.41) is 2.72. The Labute approximate surface area is 131 Å². The predicted octanol–water partition coefficient (Wildman–Crippen LogP) is 2.96. The molecule has 0 aromatic heterocycles. The molecule has 0 spiro atoms. The molecule has 0 unspecified atom stereocenters. The molecular weight excluding hydrogens is 303 g/mol. The Morgan fingerprint density at radius 3 is 2.64 bits per heavy atom. The average Bonchev–Trinajstić information content (AvgIpc) is 2.49. The molecule has 0 radical (unpaired) electrons. The van der Waals surface area contributed by atoms with Crippen LogP contribution in [0.15, 0.2) is 47.4 Å². The molecule has 2 aromatic rings. The van der Waals surface area contributed by atoms with Crippen LogP contribution in [0.2, 0.25) is 0 Å². The topological polar surface area (TPSA) is 72.2 Å². The largest absolute Gasteiger partial charge is 0.369 e. The van der Waals surface area contributed by atoms with Crippen molar-refractivity contribution in [1.82, 2.24) is 0 Å². The summed E-state index contributed by atoms with van der Waals surface area (Å²) in [5.74, 6) is -1.16. The number of carbonyl (C=O) groups is 2. The van der Waals surface area contributed by atoms with E-state index in [1.807, 2.05) is 0 Å². The predicted molar refractivity (Wildman–Crippen MR) is 85.5 cm³/mol. The molecule has 0 aliphatic rings. The number of para-hydroxylation sites is 1. The minimum Gasteiger partial charge on any atom is -0.369 e. The van der Waals surface area contributed by atoms with Crippen LogP contribution in [-0.2, 0) is 4.79 Å². The maximum absolute atomic E-state index is 13.5. The first-order chi connectivity index (χ1) is 10.5. The number of aryl methyl sites for hydroxylation is 1. The van der Waals surface area contributed by atoms with Gasteiger partial charge in [-0.3, -0.25) is 9.59 Å². The number of carbonyl (C=O) groups excluding carboxylic acids is 2. The number of nitrogens with one attached hydrogen (secondary N) is 1. The third-order valence-corrected chi connectivity index (χ3v) is 4.04. The second-order valence-electron chi connectivity index (χ2n) is 4.67. The smallest absolute Gasteiger partial charge is 0.255 e. The van der Waals surface area contributed by atoms with Gasteiger partial charge in [0.1, 0.15) is 5.82 Å². The van der Waals surface area contributed by atoms with Crippen LogP contribution in [0.4, 0.5) is 10.1 Å². The van der Waals surface area contributed by atoms with Crippen LogP contribution in [-0.4, -0.2) is 17.6 Å². The van der Waals surface area contributed by atoms with Gasteiger partial charge in [0.25, 0.3) is 5.91 Å². The molecule has 6 heteroatoms. The Bertz CT molecular complexity index is 719. The molecule has 4 nitrogen and oxygen atoms in total. The maximum Gasteiger partial charge on any atom is 0.255 e. The summed E-state index contributed by atoms with van der Waals surface area (Å²) in [6.07, 6.45) is 0.